The van der Waals surface area contributed by atoms with Crippen molar-refractivity contribution >= 4 is 15.9 Å². The molecule has 0 spiro atoms. The SMILES string of the molecule is COCCOCCCC(C)Br. The second-order valence-corrected chi connectivity index (χ2v) is 4.09. The van der Waals surface area contributed by atoms with Gasteiger partial charge in [0.15, 0.2) is 0 Å². The monoisotopic (exact) mass is 224 g/mol. The molecular weight excluding hydrogens is 208 g/mol. The van der Waals surface area contributed by atoms with Crippen LogP contribution in [0, 0.1) is 0 Å². The van der Waals surface area contributed by atoms with Crippen molar-refractivity contribution in [2.75, 3.05) is 26.9 Å². The van der Waals surface area contributed by atoms with Crippen LogP contribution in [0.5, 0.6) is 0 Å². The Morgan fingerprint density at radius 1 is 1.27 bits per heavy atom. The van der Waals surface area contributed by atoms with E-state index in [4.69, 9.17) is 9.47 Å². The summed E-state index contributed by atoms with van der Waals surface area (Å²) in [6, 6.07) is 0. The second-order valence-electron chi connectivity index (χ2n) is 2.53. The largest absolute Gasteiger partial charge is 0.382 e. The minimum Gasteiger partial charge on any atom is -0.382 e. The van der Waals surface area contributed by atoms with Gasteiger partial charge in [-0.2, -0.15) is 0 Å². The van der Waals surface area contributed by atoms with E-state index in [1.54, 1.807) is 7.11 Å². The lowest BCUT2D eigenvalue weighted by molar-refractivity contribution is 0.0689. The van der Waals surface area contributed by atoms with Crippen molar-refractivity contribution in [2.24, 2.45) is 0 Å². The van der Waals surface area contributed by atoms with Crippen molar-refractivity contribution in [1.82, 2.24) is 0 Å². The van der Waals surface area contributed by atoms with E-state index in [1.165, 1.54) is 6.42 Å². The first-order valence-corrected chi connectivity index (χ1v) is 4.89. The summed E-state index contributed by atoms with van der Waals surface area (Å²) in [6.07, 6.45) is 2.29. The van der Waals surface area contributed by atoms with Crippen LogP contribution in [0.15, 0.2) is 0 Å². The number of methoxy groups -OCH3 is 1. The van der Waals surface area contributed by atoms with E-state index in [0.717, 1.165) is 13.0 Å². The topological polar surface area (TPSA) is 18.5 Å². The van der Waals surface area contributed by atoms with Crippen LogP contribution in [0.4, 0.5) is 0 Å². The molecular formula is C8H17BrO2. The number of halogens is 1. The molecule has 68 valence electrons. The highest BCUT2D eigenvalue weighted by atomic mass is 79.9. The molecule has 0 aliphatic carbocycles. The molecule has 0 amide bonds. The van der Waals surface area contributed by atoms with E-state index in [9.17, 15) is 0 Å². The van der Waals surface area contributed by atoms with Crippen molar-refractivity contribution in [3.63, 3.8) is 0 Å². The molecule has 0 saturated heterocycles. The Morgan fingerprint density at radius 2 is 2.00 bits per heavy atom. The van der Waals surface area contributed by atoms with Gasteiger partial charge in [0.25, 0.3) is 0 Å². The van der Waals surface area contributed by atoms with E-state index in [2.05, 4.69) is 22.9 Å². The summed E-state index contributed by atoms with van der Waals surface area (Å²) in [5.74, 6) is 0. The van der Waals surface area contributed by atoms with Crippen LogP contribution in [-0.2, 0) is 9.47 Å². The average Bonchev–Trinajstić information content (AvgIpc) is 1.96. The van der Waals surface area contributed by atoms with Crippen molar-refractivity contribution in [1.29, 1.82) is 0 Å². The summed E-state index contributed by atoms with van der Waals surface area (Å²) >= 11 is 3.48. The number of rotatable bonds is 7. The Labute approximate surface area is 77.4 Å². The zero-order valence-corrected chi connectivity index (χ0v) is 8.89. The normalized spacial score (nSPS) is 13.4. The first-order chi connectivity index (χ1) is 5.27. The molecule has 0 radical (unpaired) electrons. The van der Waals surface area contributed by atoms with Crippen LogP contribution < -0.4 is 0 Å². The fourth-order valence-corrected chi connectivity index (χ4v) is 1.03. The van der Waals surface area contributed by atoms with Crippen molar-refractivity contribution < 1.29 is 9.47 Å². The average molecular weight is 225 g/mol. The van der Waals surface area contributed by atoms with Crippen LogP contribution in [0.2, 0.25) is 0 Å². The molecule has 0 aliphatic heterocycles. The molecule has 0 rings (SSSR count). The lowest BCUT2D eigenvalue weighted by Crippen LogP contribution is -2.04. The Bertz CT molecular complexity index is 76.5. The Hall–Kier alpha value is 0.400. The third-order valence-electron chi connectivity index (χ3n) is 1.32. The summed E-state index contributed by atoms with van der Waals surface area (Å²) in [5.41, 5.74) is 0. The molecule has 2 nitrogen and oxygen atoms in total. The summed E-state index contributed by atoms with van der Waals surface area (Å²) in [7, 11) is 1.68. The third-order valence-corrected chi connectivity index (χ3v) is 1.78. The van der Waals surface area contributed by atoms with Crippen molar-refractivity contribution in [3.8, 4) is 0 Å². The minimum absolute atomic E-state index is 0.605. The summed E-state index contributed by atoms with van der Waals surface area (Å²) < 4.78 is 10.1. The van der Waals surface area contributed by atoms with Gasteiger partial charge < -0.3 is 9.47 Å². The predicted molar refractivity (Wildman–Crippen MR) is 50.3 cm³/mol. The van der Waals surface area contributed by atoms with E-state index in [-0.39, 0.29) is 0 Å². The zero-order valence-electron chi connectivity index (χ0n) is 7.31. The fraction of sp³-hybridized carbons (Fsp3) is 1.00. The molecule has 0 fully saturated rings. The van der Waals surface area contributed by atoms with Gasteiger partial charge in [0.05, 0.1) is 13.2 Å². The van der Waals surface area contributed by atoms with E-state index < -0.39 is 0 Å². The van der Waals surface area contributed by atoms with Gasteiger partial charge in [-0.3, -0.25) is 0 Å². The van der Waals surface area contributed by atoms with Gasteiger partial charge in [-0.1, -0.05) is 22.9 Å². The van der Waals surface area contributed by atoms with Crippen LogP contribution in [0.25, 0.3) is 0 Å². The van der Waals surface area contributed by atoms with Gasteiger partial charge in [0.2, 0.25) is 0 Å². The van der Waals surface area contributed by atoms with Gasteiger partial charge >= 0.3 is 0 Å². The molecule has 0 aromatic heterocycles. The Morgan fingerprint density at radius 3 is 2.55 bits per heavy atom. The smallest absolute Gasteiger partial charge is 0.0700 e. The summed E-state index contributed by atoms with van der Waals surface area (Å²) in [5, 5.41) is 0. The van der Waals surface area contributed by atoms with E-state index in [0.29, 0.717) is 18.0 Å². The summed E-state index contributed by atoms with van der Waals surface area (Å²) in [4.78, 5) is 0.605. The molecule has 0 aliphatic rings. The third kappa shape index (κ3) is 10.4. The minimum atomic E-state index is 0.605. The van der Waals surface area contributed by atoms with E-state index in [1.807, 2.05) is 0 Å². The highest BCUT2D eigenvalue weighted by molar-refractivity contribution is 9.09. The maximum atomic E-state index is 5.28. The van der Waals surface area contributed by atoms with Crippen LogP contribution >= 0.6 is 15.9 Å². The quantitative estimate of drug-likeness (QED) is 0.488. The maximum absolute atomic E-state index is 5.28. The first kappa shape index (κ1) is 11.4. The van der Waals surface area contributed by atoms with Gasteiger partial charge in [-0.15, -0.1) is 0 Å². The molecule has 0 saturated carbocycles. The lowest BCUT2D eigenvalue weighted by atomic mass is 10.3. The highest BCUT2D eigenvalue weighted by Crippen LogP contribution is 2.05. The molecule has 0 bridgehead atoms. The molecule has 0 N–H and O–H groups in total. The van der Waals surface area contributed by atoms with Gasteiger partial charge in [0, 0.05) is 18.5 Å². The second kappa shape index (κ2) is 8.50. The van der Waals surface area contributed by atoms with Crippen LogP contribution in [-0.4, -0.2) is 31.8 Å². The molecule has 0 aromatic rings. The van der Waals surface area contributed by atoms with Crippen LogP contribution in [0.1, 0.15) is 19.8 Å². The van der Waals surface area contributed by atoms with Gasteiger partial charge in [-0.25, -0.2) is 0 Å². The number of alkyl halides is 1. The highest BCUT2D eigenvalue weighted by Gasteiger charge is 1.94. The van der Waals surface area contributed by atoms with Crippen molar-refractivity contribution in [3.05, 3.63) is 0 Å². The Balaban J connectivity index is 2.80. The molecule has 3 heteroatoms. The number of hydrogen-bond donors (Lipinski definition) is 0. The van der Waals surface area contributed by atoms with Gasteiger partial charge in [0.1, 0.15) is 0 Å². The van der Waals surface area contributed by atoms with Crippen molar-refractivity contribution in [2.45, 2.75) is 24.6 Å². The fourth-order valence-electron chi connectivity index (χ4n) is 0.711. The predicted octanol–water partition coefficient (Wildman–Crippen LogP) is 2.21. The molecule has 1 atom stereocenters. The molecule has 0 heterocycles. The number of hydrogen-bond acceptors (Lipinski definition) is 2. The number of ether oxygens (including phenoxy) is 2. The lowest BCUT2D eigenvalue weighted by Gasteiger charge is -2.04. The van der Waals surface area contributed by atoms with Crippen LogP contribution in [0.3, 0.4) is 0 Å². The zero-order chi connectivity index (χ0) is 8.53. The maximum Gasteiger partial charge on any atom is 0.0700 e. The standard InChI is InChI=1S/C8H17BrO2/c1-8(9)4-3-5-11-7-6-10-2/h8H,3-7H2,1-2H3. The molecule has 11 heavy (non-hydrogen) atoms. The summed E-state index contributed by atoms with van der Waals surface area (Å²) in [6.45, 7) is 4.41. The molecule has 0 aromatic carbocycles. The van der Waals surface area contributed by atoms with E-state index >= 15 is 0 Å². The van der Waals surface area contributed by atoms with Gasteiger partial charge in [-0.05, 0) is 12.8 Å². The Kier molecular flexibility index (Phi) is 8.81. The first-order valence-electron chi connectivity index (χ1n) is 3.98. The molecule has 1 unspecified atom stereocenters.